The fraction of sp³-hybridized carbons (Fsp3) is 0.829. The van der Waals surface area contributed by atoms with Crippen LogP contribution in [-0.2, 0) is 0 Å². The van der Waals surface area contributed by atoms with E-state index in [-0.39, 0.29) is 6.15 Å². The molecule has 3 aliphatic rings. The summed E-state index contributed by atoms with van der Waals surface area (Å²) < 4.78 is 0. The second-order valence-corrected chi connectivity index (χ2v) is 11.6. The Morgan fingerprint density at radius 1 is 0.528 bits per heavy atom. The quantitative estimate of drug-likeness (QED) is 0.428. The van der Waals surface area contributed by atoms with E-state index in [9.17, 15) is 0 Å². The standard InChI is InChI=1S/C14H26.C14H20.C3H8.2C2H6.H3N/c2*1-11-3-7-13(8-4-11)14-9-5-12(2)6-10-14;1-3-2;2*1-2;/h11-14H,3-10H2,1-2H3;3-4,7-8,12,14H,5-6,9-10H2,1-2H3;3H2,1-2H3;2*1-2H3;1H3. The first-order chi connectivity index (χ1) is 16.9. The van der Waals surface area contributed by atoms with E-state index in [1.807, 2.05) is 27.7 Å². The molecule has 1 heteroatoms. The van der Waals surface area contributed by atoms with Crippen LogP contribution in [0.15, 0.2) is 24.3 Å². The zero-order chi connectivity index (χ0) is 26.6. The molecule has 0 saturated heterocycles. The average molecular weight is 504 g/mol. The summed E-state index contributed by atoms with van der Waals surface area (Å²) >= 11 is 0. The Balaban J connectivity index is 0. The van der Waals surface area contributed by atoms with Crippen LogP contribution in [-0.4, -0.2) is 0 Å². The average Bonchev–Trinajstić information content (AvgIpc) is 2.89. The highest BCUT2D eigenvalue weighted by Gasteiger charge is 2.28. The van der Waals surface area contributed by atoms with E-state index in [1.54, 1.807) is 31.2 Å². The molecule has 1 nitrogen and oxygen atoms in total. The largest absolute Gasteiger partial charge is 0.344 e. The molecule has 0 atom stereocenters. The van der Waals surface area contributed by atoms with E-state index in [0.717, 1.165) is 35.5 Å². The van der Waals surface area contributed by atoms with Crippen LogP contribution in [0.5, 0.6) is 0 Å². The first kappa shape index (κ1) is 37.3. The minimum absolute atomic E-state index is 0. The Morgan fingerprint density at radius 2 is 0.806 bits per heavy atom. The molecule has 3 aliphatic carbocycles. The third-order valence-electron chi connectivity index (χ3n) is 8.35. The van der Waals surface area contributed by atoms with Crippen molar-refractivity contribution < 1.29 is 0 Å². The second-order valence-electron chi connectivity index (χ2n) is 11.6. The summed E-state index contributed by atoms with van der Waals surface area (Å²) in [6, 6.07) is 9.12. The Labute approximate surface area is 229 Å². The van der Waals surface area contributed by atoms with Gasteiger partial charge in [0.25, 0.3) is 0 Å². The highest BCUT2D eigenvalue weighted by atomic mass is 14.3. The topological polar surface area (TPSA) is 35.0 Å². The summed E-state index contributed by atoms with van der Waals surface area (Å²) in [5.74, 6) is 6.06. The van der Waals surface area contributed by atoms with Crippen molar-refractivity contribution in [2.45, 2.75) is 159 Å². The molecule has 0 unspecified atom stereocenters. The molecule has 36 heavy (non-hydrogen) atoms. The molecule has 3 fully saturated rings. The normalized spacial score (nSPS) is 29.1. The second kappa shape index (κ2) is 23.3. The molecule has 0 amide bonds. The van der Waals surface area contributed by atoms with Crippen LogP contribution in [0.1, 0.15) is 163 Å². The molecule has 0 heterocycles. The monoisotopic (exact) mass is 504 g/mol. The Hall–Kier alpha value is -0.820. The summed E-state index contributed by atoms with van der Waals surface area (Å²) in [4.78, 5) is 0. The molecular formula is C35H69N. The molecule has 0 radical (unpaired) electrons. The van der Waals surface area contributed by atoms with Crippen molar-refractivity contribution in [1.82, 2.24) is 6.15 Å². The lowest BCUT2D eigenvalue weighted by Gasteiger charge is -2.36. The highest BCUT2D eigenvalue weighted by Crippen LogP contribution is 2.41. The molecule has 0 aromatic heterocycles. The van der Waals surface area contributed by atoms with Gasteiger partial charge >= 0.3 is 0 Å². The lowest BCUT2D eigenvalue weighted by Crippen LogP contribution is -2.24. The van der Waals surface area contributed by atoms with Crippen LogP contribution in [0, 0.1) is 36.5 Å². The zero-order valence-electron chi connectivity index (χ0n) is 26.7. The number of hydrogen-bond acceptors (Lipinski definition) is 1. The van der Waals surface area contributed by atoms with E-state index >= 15 is 0 Å². The maximum Gasteiger partial charge on any atom is -0.0162 e. The van der Waals surface area contributed by atoms with Gasteiger partial charge in [0.05, 0.1) is 0 Å². The van der Waals surface area contributed by atoms with Crippen LogP contribution in [0.3, 0.4) is 0 Å². The number of hydrogen-bond donors (Lipinski definition) is 1. The van der Waals surface area contributed by atoms with Crippen molar-refractivity contribution in [2.24, 2.45) is 29.6 Å². The van der Waals surface area contributed by atoms with E-state index < -0.39 is 0 Å². The summed E-state index contributed by atoms with van der Waals surface area (Å²) in [5.41, 5.74) is 2.93. The molecule has 1 aromatic carbocycles. The molecule has 4 rings (SSSR count). The van der Waals surface area contributed by atoms with Crippen LogP contribution in [0.4, 0.5) is 0 Å². The van der Waals surface area contributed by atoms with Crippen LogP contribution in [0.2, 0.25) is 0 Å². The molecule has 214 valence electrons. The Kier molecular flexibility index (Phi) is 24.2. The third-order valence-corrected chi connectivity index (χ3v) is 8.35. The van der Waals surface area contributed by atoms with E-state index in [4.69, 9.17) is 0 Å². The number of aryl methyl sites for hydroxylation is 1. The van der Waals surface area contributed by atoms with Gasteiger partial charge in [0.15, 0.2) is 0 Å². The van der Waals surface area contributed by atoms with Crippen molar-refractivity contribution in [3.63, 3.8) is 0 Å². The number of benzene rings is 1. The fourth-order valence-corrected chi connectivity index (χ4v) is 5.95. The smallest absolute Gasteiger partial charge is 0.0162 e. The van der Waals surface area contributed by atoms with Gasteiger partial charge in [0.2, 0.25) is 0 Å². The van der Waals surface area contributed by atoms with Gasteiger partial charge in [-0.3, -0.25) is 0 Å². The van der Waals surface area contributed by atoms with Crippen LogP contribution in [0.25, 0.3) is 0 Å². The summed E-state index contributed by atoms with van der Waals surface area (Å²) in [7, 11) is 0. The van der Waals surface area contributed by atoms with Gasteiger partial charge in [0, 0.05) is 0 Å². The van der Waals surface area contributed by atoms with Crippen molar-refractivity contribution in [1.29, 1.82) is 0 Å². The van der Waals surface area contributed by atoms with Crippen LogP contribution < -0.4 is 6.15 Å². The Morgan fingerprint density at radius 3 is 1.11 bits per heavy atom. The first-order valence-corrected chi connectivity index (χ1v) is 16.0. The van der Waals surface area contributed by atoms with Gasteiger partial charge in [0.1, 0.15) is 0 Å². The van der Waals surface area contributed by atoms with Gasteiger partial charge in [-0.05, 0) is 86.5 Å². The minimum atomic E-state index is 0. The van der Waals surface area contributed by atoms with E-state index in [0.29, 0.717) is 0 Å². The van der Waals surface area contributed by atoms with E-state index in [2.05, 4.69) is 65.8 Å². The molecule has 3 saturated carbocycles. The fourth-order valence-electron chi connectivity index (χ4n) is 5.95. The van der Waals surface area contributed by atoms with E-state index in [1.165, 1.54) is 63.4 Å². The lowest BCUT2D eigenvalue weighted by atomic mass is 9.70. The molecule has 0 spiro atoms. The SMILES string of the molecule is CC.CC.CC1CCC(C2CCC(C)CC2)CC1.CCC.Cc1ccc(C2CCC(C)CC2)cc1.N. The van der Waals surface area contributed by atoms with Crippen molar-refractivity contribution in [3.05, 3.63) is 35.4 Å². The highest BCUT2D eigenvalue weighted by molar-refractivity contribution is 5.24. The molecule has 3 N–H and O–H groups in total. The summed E-state index contributed by atoms with van der Waals surface area (Å²) in [6.07, 6.45) is 19.1. The Bertz CT molecular complexity index is 533. The summed E-state index contributed by atoms with van der Waals surface area (Å²) in [5, 5.41) is 0. The van der Waals surface area contributed by atoms with Gasteiger partial charge in [-0.25, -0.2) is 0 Å². The van der Waals surface area contributed by atoms with Gasteiger partial charge in [-0.2, -0.15) is 0 Å². The molecular weight excluding hydrogens is 434 g/mol. The molecule has 0 aliphatic heterocycles. The van der Waals surface area contributed by atoms with Crippen molar-refractivity contribution in [3.8, 4) is 0 Å². The maximum absolute atomic E-state index is 2.43. The number of rotatable bonds is 2. The van der Waals surface area contributed by atoms with Gasteiger partial charge in [-0.1, -0.05) is 137 Å². The van der Waals surface area contributed by atoms with Gasteiger partial charge in [-0.15, -0.1) is 0 Å². The predicted octanol–water partition coefficient (Wildman–Crippen LogP) is 12.6. The zero-order valence-corrected chi connectivity index (χ0v) is 26.7. The molecule has 1 aromatic rings. The third kappa shape index (κ3) is 15.4. The van der Waals surface area contributed by atoms with Crippen molar-refractivity contribution >= 4 is 0 Å². The first-order valence-electron chi connectivity index (χ1n) is 16.0. The van der Waals surface area contributed by atoms with Crippen molar-refractivity contribution in [2.75, 3.05) is 0 Å². The summed E-state index contributed by atoms with van der Waals surface area (Å²) in [6.45, 7) is 21.6. The minimum Gasteiger partial charge on any atom is -0.344 e. The van der Waals surface area contributed by atoms with Gasteiger partial charge < -0.3 is 6.15 Å². The maximum atomic E-state index is 2.43. The lowest BCUT2D eigenvalue weighted by molar-refractivity contribution is 0.155. The molecule has 0 bridgehead atoms. The van der Waals surface area contributed by atoms with Crippen LogP contribution >= 0.6 is 0 Å². The predicted molar refractivity (Wildman–Crippen MR) is 167 cm³/mol.